The van der Waals surface area contributed by atoms with Crippen LogP contribution >= 0.6 is 0 Å². The molecule has 0 rings (SSSR count). The Balaban J connectivity index is 3.49. The number of nitrogens with two attached hydrogens (primary N) is 1. The molecule has 0 aromatic heterocycles. The van der Waals surface area contributed by atoms with Crippen molar-refractivity contribution in [2.75, 3.05) is 53.4 Å². The zero-order valence-electron chi connectivity index (χ0n) is 13.0. The molecule has 0 radical (unpaired) electrons. The van der Waals surface area contributed by atoms with Crippen LogP contribution < -0.4 is 5.84 Å². The van der Waals surface area contributed by atoms with Crippen molar-refractivity contribution in [1.29, 1.82) is 0 Å². The van der Waals surface area contributed by atoms with Crippen molar-refractivity contribution in [2.45, 2.75) is 39.5 Å². The lowest BCUT2D eigenvalue weighted by atomic mass is 10.3. The minimum Gasteiger partial charge on any atom is -0.305 e. The topological polar surface area (TPSA) is 35.7 Å². The zero-order chi connectivity index (χ0) is 13.8. The lowest BCUT2D eigenvalue weighted by Gasteiger charge is -2.24. The second kappa shape index (κ2) is 11.9. The van der Waals surface area contributed by atoms with Gasteiger partial charge >= 0.3 is 0 Å². The van der Waals surface area contributed by atoms with Crippen molar-refractivity contribution in [2.24, 2.45) is 5.84 Å². The summed E-state index contributed by atoms with van der Waals surface area (Å²) in [7, 11) is 4.35. The fraction of sp³-hybridized carbons (Fsp3) is 1.00. The minimum absolute atomic E-state index is 0.960. The molecule has 0 atom stereocenters. The summed E-state index contributed by atoms with van der Waals surface area (Å²) in [6, 6.07) is 0. The van der Waals surface area contributed by atoms with Crippen molar-refractivity contribution in [1.82, 2.24) is 14.8 Å². The van der Waals surface area contributed by atoms with E-state index < -0.39 is 0 Å². The molecule has 18 heavy (non-hydrogen) atoms. The Morgan fingerprint density at radius 2 is 1.06 bits per heavy atom. The standard InChI is InChI=1S/C14H34N4/c1-5-7-9-16(3)11-13-18(15)14-12-17(4)10-8-6-2/h5-15H2,1-4H3. The summed E-state index contributed by atoms with van der Waals surface area (Å²) in [5, 5.41) is 1.95. The van der Waals surface area contributed by atoms with Crippen LogP contribution in [0.25, 0.3) is 0 Å². The quantitative estimate of drug-likeness (QED) is 0.426. The Hall–Kier alpha value is -0.160. The molecule has 0 unspecified atom stereocenters. The van der Waals surface area contributed by atoms with Crippen LogP contribution in [0.3, 0.4) is 0 Å². The monoisotopic (exact) mass is 258 g/mol. The fourth-order valence-corrected chi connectivity index (χ4v) is 1.79. The Kier molecular flexibility index (Phi) is 11.8. The third kappa shape index (κ3) is 11.0. The molecule has 0 aliphatic carbocycles. The molecule has 0 aromatic carbocycles. The van der Waals surface area contributed by atoms with Crippen LogP contribution in [0.5, 0.6) is 0 Å². The number of hydrazine groups is 1. The third-order valence-electron chi connectivity index (χ3n) is 3.32. The normalized spacial score (nSPS) is 12.0. The van der Waals surface area contributed by atoms with Crippen LogP contribution in [0.1, 0.15) is 39.5 Å². The maximum atomic E-state index is 6.01. The molecule has 0 bridgehead atoms. The molecule has 110 valence electrons. The Labute approximate surface area is 114 Å². The van der Waals surface area contributed by atoms with E-state index >= 15 is 0 Å². The number of hydrogen-bond donors (Lipinski definition) is 1. The molecule has 0 fully saturated rings. The van der Waals surface area contributed by atoms with Crippen LogP contribution in [0.15, 0.2) is 0 Å². The Morgan fingerprint density at radius 1 is 0.667 bits per heavy atom. The summed E-state index contributed by atoms with van der Waals surface area (Å²) in [4.78, 5) is 4.73. The summed E-state index contributed by atoms with van der Waals surface area (Å²) >= 11 is 0. The van der Waals surface area contributed by atoms with Gasteiger partial charge in [0.25, 0.3) is 0 Å². The van der Waals surface area contributed by atoms with Crippen molar-refractivity contribution >= 4 is 0 Å². The number of nitrogens with zero attached hydrogens (tertiary/aromatic N) is 3. The second-order valence-electron chi connectivity index (χ2n) is 5.35. The van der Waals surface area contributed by atoms with E-state index in [0.717, 1.165) is 26.2 Å². The Morgan fingerprint density at radius 3 is 1.39 bits per heavy atom. The first-order valence-corrected chi connectivity index (χ1v) is 7.46. The number of rotatable bonds is 12. The molecule has 0 aliphatic rings. The Bertz CT molecular complexity index is 157. The maximum absolute atomic E-state index is 6.01. The molecule has 0 spiro atoms. The predicted molar refractivity (Wildman–Crippen MR) is 80.6 cm³/mol. The smallest absolute Gasteiger partial charge is 0.0256 e. The van der Waals surface area contributed by atoms with Crippen LogP contribution in [-0.4, -0.2) is 68.2 Å². The molecule has 0 aliphatic heterocycles. The summed E-state index contributed by atoms with van der Waals surface area (Å²) < 4.78 is 0. The lowest BCUT2D eigenvalue weighted by Crippen LogP contribution is -2.42. The molecule has 2 N–H and O–H groups in total. The van der Waals surface area contributed by atoms with Gasteiger partial charge in [-0.15, -0.1) is 0 Å². The summed E-state index contributed by atoms with van der Waals surface area (Å²) in [6.07, 6.45) is 5.08. The summed E-state index contributed by atoms with van der Waals surface area (Å²) in [5.74, 6) is 6.01. The van der Waals surface area contributed by atoms with E-state index in [-0.39, 0.29) is 0 Å². The van der Waals surface area contributed by atoms with Gasteiger partial charge in [-0.3, -0.25) is 5.84 Å². The van der Waals surface area contributed by atoms with E-state index in [0.29, 0.717) is 0 Å². The maximum Gasteiger partial charge on any atom is 0.0256 e. The summed E-state index contributed by atoms with van der Waals surface area (Å²) in [6.45, 7) is 10.9. The SMILES string of the molecule is CCCCN(C)CCN(N)CCN(C)CCCC. The largest absolute Gasteiger partial charge is 0.305 e. The minimum atomic E-state index is 0.960. The van der Waals surface area contributed by atoms with Crippen LogP contribution in [0.4, 0.5) is 0 Å². The lowest BCUT2D eigenvalue weighted by molar-refractivity contribution is 0.200. The predicted octanol–water partition coefficient (Wildman–Crippen LogP) is 1.63. The van der Waals surface area contributed by atoms with E-state index in [4.69, 9.17) is 5.84 Å². The molecule has 0 saturated heterocycles. The van der Waals surface area contributed by atoms with Gasteiger partial charge in [0.1, 0.15) is 0 Å². The molecule has 0 saturated carbocycles. The average Bonchev–Trinajstić information content (AvgIpc) is 2.37. The molecule has 0 aromatic rings. The van der Waals surface area contributed by atoms with Crippen LogP contribution in [0.2, 0.25) is 0 Å². The van der Waals surface area contributed by atoms with E-state index in [9.17, 15) is 0 Å². The fourth-order valence-electron chi connectivity index (χ4n) is 1.79. The molecule has 4 nitrogen and oxygen atoms in total. The highest BCUT2D eigenvalue weighted by Crippen LogP contribution is 1.93. The number of unbranched alkanes of at least 4 members (excludes halogenated alkanes) is 2. The second-order valence-corrected chi connectivity index (χ2v) is 5.35. The molecular weight excluding hydrogens is 224 g/mol. The van der Waals surface area contributed by atoms with Gasteiger partial charge in [0.2, 0.25) is 0 Å². The van der Waals surface area contributed by atoms with E-state index in [2.05, 4.69) is 37.7 Å². The van der Waals surface area contributed by atoms with Crippen molar-refractivity contribution in [3.8, 4) is 0 Å². The average molecular weight is 258 g/mol. The highest BCUT2D eigenvalue weighted by molar-refractivity contribution is 4.59. The van der Waals surface area contributed by atoms with Gasteiger partial charge in [0, 0.05) is 26.2 Å². The van der Waals surface area contributed by atoms with Gasteiger partial charge in [0.15, 0.2) is 0 Å². The van der Waals surface area contributed by atoms with Crippen LogP contribution in [-0.2, 0) is 0 Å². The third-order valence-corrected chi connectivity index (χ3v) is 3.32. The van der Waals surface area contributed by atoms with Gasteiger partial charge in [-0.25, -0.2) is 5.01 Å². The molecule has 0 amide bonds. The molecule has 4 heteroatoms. The molecular formula is C14H34N4. The first kappa shape index (κ1) is 17.8. The van der Waals surface area contributed by atoms with E-state index in [1.807, 2.05) is 5.01 Å². The zero-order valence-corrected chi connectivity index (χ0v) is 13.0. The van der Waals surface area contributed by atoms with E-state index in [1.165, 1.54) is 38.8 Å². The number of hydrogen-bond acceptors (Lipinski definition) is 4. The number of likely N-dealkylation sites (N-methyl/N-ethyl adjacent to an activating group) is 2. The molecule has 0 heterocycles. The van der Waals surface area contributed by atoms with Gasteiger partial charge in [-0.05, 0) is 40.0 Å². The van der Waals surface area contributed by atoms with Gasteiger partial charge in [-0.2, -0.15) is 0 Å². The highest BCUT2D eigenvalue weighted by Gasteiger charge is 2.04. The van der Waals surface area contributed by atoms with Crippen molar-refractivity contribution < 1.29 is 0 Å². The van der Waals surface area contributed by atoms with Crippen molar-refractivity contribution in [3.05, 3.63) is 0 Å². The summed E-state index contributed by atoms with van der Waals surface area (Å²) in [5.41, 5.74) is 0. The van der Waals surface area contributed by atoms with Gasteiger partial charge < -0.3 is 9.80 Å². The first-order valence-electron chi connectivity index (χ1n) is 7.46. The first-order chi connectivity index (χ1) is 8.60. The highest BCUT2D eigenvalue weighted by atomic mass is 15.4. The van der Waals surface area contributed by atoms with Crippen LogP contribution in [0, 0.1) is 0 Å². The van der Waals surface area contributed by atoms with E-state index in [1.54, 1.807) is 0 Å². The van der Waals surface area contributed by atoms with Gasteiger partial charge in [0.05, 0.1) is 0 Å². The van der Waals surface area contributed by atoms with Gasteiger partial charge in [-0.1, -0.05) is 26.7 Å². The van der Waals surface area contributed by atoms with Crippen molar-refractivity contribution in [3.63, 3.8) is 0 Å².